The fraction of sp³-hybridized carbons (Fsp3) is 0.526. The summed E-state index contributed by atoms with van der Waals surface area (Å²) in [4.78, 5) is 12.5. The van der Waals surface area contributed by atoms with E-state index in [2.05, 4.69) is 33.9 Å². The SMILES string of the molecule is C/C=C/[C@H](O[Si](C)(C)C(C)(C)C)[C@@H](C(=O)OC)c1ccc(Cl)cc1. The van der Waals surface area contributed by atoms with Crippen molar-refractivity contribution in [3.63, 3.8) is 0 Å². The van der Waals surface area contributed by atoms with E-state index in [4.69, 9.17) is 20.8 Å². The Hall–Kier alpha value is -1.10. The number of allylic oxidation sites excluding steroid dienone is 1. The lowest BCUT2D eigenvalue weighted by atomic mass is 9.93. The van der Waals surface area contributed by atoms with Gasteiger partial charge in [-0.15, -0.1) is 0 Å². The van der Waals surface area contributed by atoms with Crippen LogP contribution in [0.5, 0.6) is 0 Å². The van der Waals surface area contributed by atoms with Crippen molar-refractivity contribution in [2.45, 2.75) is 57.8 Å². The van der Waals surface area contributed by atoms with Gasteiger partial charge in [-0.05, 0) is 42.8 Å². The van der Waals surface area contributed by atoms with Gasteiger partial charge in [-0.2, -0.15) is 0 Å². The molecule has 3 nitrogen and oxygen atoms in total. The lowest BCUT2D eigenvalue weighted by Gasteiger charge is -2.40. The minimum atomic E-state index is -2.06. The van der Waals surface area contributed by atoms with Crippen LogP contribution in [0.2, 0.25) is 23.2 Å². The first-order valence-electron chi connectivity index (χ1n) is 8.17. The van der Waals surface area contributed by atoms with Crippen molar-refractivity contribution >= 4 is 25.9 Å². The first-order valence-corrected chi connectivity index (χ1v) is 11.5. The molecule has 0 aliphatic carbocycles. The molecule has 0 radical (unpaired) electrons. The molecule has 0 aliphatic rings. The summed E-state index contributed by atoms with van der Waals surface area (Å²) in [5.74, 6) is -0.822. The van der Waals surface area contributed by atoms with Crippen LogP contribution in [0.4, 0.5) is 0 Å². The highest BCUT2D eigenvalue weighted by Gasteiger charge is 2.42. The third-order valence-electron chi connectivity index (χ3n) is 4.63. The van der Waals surface area contributed by atoms with Crippen LogP contribution < -0.4 is 0 Å². The van der Waals surface area contributed by atoms with E-state index in [-0.39, 0.29) is 17.1 Å². The largest absolute Gasteiger partial charge is 0.468 e. The maximum absolute atomic E-state index is 12.5. The summed E-state index contributed by atoms with van der Waals surface area (Å²) in [6.45, 7) is 12.8. The van der Waals surface area contributed by atoms with Gasteiger partial charge in [0.15, 0.2) is 8.32 Å². The van der Waals surface area contributed by atoms with Crippen molar-refractivity contribution in [2.24, 2.45) is 0 Å². The molecule has 0 saturated heterocycles. The lowest BCUT2D eigenvalue weighted by Crippen LogP contribution is -2.46. The second kappa shape index (κ2) is 8.32. The highest BCUT2D eigenvalue weighted by Crippen LogP contribution is 2.39. The van der Waals surface area contributed by atoms with Crippen LogP contribution in [0.3, 0.4) is 0 Å². The Bertz CT molecular complexity index is 573. The molecule has 2 atom stereocenters. The number of hydrogen-bond donors (Lipinski definition) is 0. The maximum atomic E-state index is 12.5. The van der Waals surface area contributed by atoms with E-state index in [1.165, 1.54) is 7.11 Å². The van der Waals surface area contributed by atoms with Gasteiger partial charge in [0.1, 0.15) is 5.92 Å². The van der Waals surface area contributed by atoms with E-state index in [9.17, 15) is 4.79 Å². The fourth-order valence-corrected chi connectivity index (χ4v) is 3.56. The van der Waals surface area contributed by atoms with Crippen LogP contribution >= 0.6 is 11.6 Å². The van der Waals surface area contributed by atoms with Gasteiger partial charge in [0.05, 0.1) is 13.2 Å². The highest BCUT2D eigenvalue weighted by molar-refractivity contribution is 6.74. The van der Waals surface area contributed by atoms with E-state index in [0.717, 1.165) is 5.56 Å². The van der Waals surface area contributed by atoms with Gasteiger partial charge >= 0.3 is 5.97 Å². The van der Waals surface area contributed by atoms with Crippen molar-refractivity contribution in [3.05, 3.63) is 47.0 Å². The molecule has 0 aliphatic heterocycles. The zero-order valence-corrected chi connectivity index (χ0v) is 17.5. The zero-order chi connectivity index (χ0) is 18.5. The predicted molar refractivity (Wildman–Crippen MR) is 103 cm³/mol. The van der Waals surface area contributed by atoms with E-state index in [1.54, 1.807) is 12.1 Å². The zero-order valence-electron chi connectivity index (χ0n) is 15.7. The predicted octanol–water partition coefficient (Wildman–Crippen LogP) is 5.56. The summed E-state index contributed by atoms with van der Waals surface area (Å²) in [5.41, 5.74) is 0.841. The van der Waals surface area contributed by atoms with Crippen molar-refractivity contribution in [3.8, 4) is 0 Å². The molecule has 1 rings (SSSR count). The molecule has 134 valence electrons. The lowest BCUT2D eigenvalue weighted by molar-refractivity contribution is -0.144. The summed E-state index contributed by atoms with van der Waals surface area (Å²) < 4.78 is 11.6. The average molecular weight is 369 g/mol. The molecule has 24 heavy (non-hydrogen) atoms. The first kappa shape index (κ1) is 20.9. The molecule has 0 spiro atoms. The van der Waals surface area contributed by atoms with Gasteiger partial charge in [0.25, 0.3) is 0 Å². The second-order valence-electron chi connectivity index (χ2n) is 7.42. The Morgan fingerprint density at radius 1 is 1.21 bits per heavy atom. The number of esters is 1. The van der Waals surface area contributed by atoms with E-state index < -0.39 is 14.2 Å². The van der Waals surface area contributed by atoms with Crippen LogP contribution in [0.15, 0.2) is 36.4 Å². The van der Waals surface area contributed by atoms with Crippen LogP contribution in [0.1, 0.15) is 39.2 Å². The first-order chi connectivity index (χ1) is 11.0. The minimum absolute atomic E-state index is 0.0491. The summed E-state index contributed by atoms with van der Waals surface area (Å²) in [7, 11) is -0.648. The topological polar surface area (TPSA) is 35.5 Å². The molecular weight excluding hydrogens is 340 g/mol. The summed E-state index contributed by atoms with van der Waals surface area (Å²) in [5, 5.41) is 0.684. The number of benzene rings is 1. The van der Waals surface area contributed by atoms with E-state index in [1.807, 2.05) is 31.2 Å². The van der Waals surface area contributed by atoms with Crippen molar-refractivity contribution < 1.29 is 14.0 Å². The standard InChI is InChI=1S/C19H29ClO3Si/c1-8-9-16(23-24(6,7)19(2,3)4)17(18(21)22-5)14-10-12-15(20)13-11-14/h8-13,16-17H,1-7H3/b9-8+/t16-,17-/m0/s1. The van der Waals surface area contributed by atoms with E-state index >= 15 is 0 Å². The molecule has 0 amide bonds. The van der Waals surface area contributed by atoms with Gasteiger partial charge in [-0.25, -0.2) is 0 Å². The number of carbonyl (C=O) groups excluding carboxylic acids is 1. The Balaban J connectivity index is 3.29. The molecule has 1 aromatic rings. The number of rotatable bonds is 6. The third kappa shape index (κ3) is 5.20. The molecule has 0 heterocycles. The summed E-state index contributed by atoms with van der Waals surface area (Å²) in [6, 6.07) is 7.28. The number of halogens is 1. The van der Waals surface area contributed by atoms with Crippen molar-refractivity contribution in [2.75, 3.05) is 7.11 Å². The average Bonchev–Trinajstić information content (AvgIpc) is 2.48. The Kier molecular flexibility index (Phi) is 7.26. The third-order valence-corrected chi connectivity index (χ3v) is 9.36. The monoisotopic (exact) mass is 368 g/mol. The van der Waals surface area contributed by atoms with Crippen LogP contribution in [0, 0.1) is 0 Å². The summed E-state index contributed by atoms with van der Waals surface area (Å²) >= 11 is 5.98. The molecule has 0 saturated carbocycles. The van der Waals surface area contributed by atoms with Gasteiger partial charge in [-0.3, -0.25) is 4.79 Å². The van der Waals surface area contributed by atoms with Gasteiger partial charge in [-0.1, -0.05) is 56.7 Å². The van der Waals surface area contributed by atoms with Gasteiger partial charge in [0, 0.05) is 5.02 Å². The highest BCUT2D eigenvalue weighted by atomic mass is 35.5. The maximum Gasteiger partial charge on any atom is 0.316 e. The number of ether oxygens (including phenoxy) is 1. The Morgan fingerprint density at radius 2 is 1.75 bits per heavy atom. The number of methoxy groups -OCH3 is 1. The molecule has 5 heteroatoms. The fourth-order valence-electron chi connectivity index (χ4n) is 2.18. The van der Waals surface area contributed by atoms with Gasteiger partial charge in [0.2, 0.25) is 0 Å². The quantitative estimate of drug-likeness (QED) is 0.374. The Labute approximate surface area is 152 Å². The number of carbonyl (C=O) groups is 1. The van der Waals surface area contributed by atoms with Gasteiger partial charge < -0.3 is 9.16 Å². The molecule has 0 aromatic heterocycles. The minimum Gasteiger partial charge on any atom is -0.468 e. The number of hydrogen-bond acceptors (Lipinski definition) is 3. The molecule has 0 unspecified atom stereocenters. The second-order valence-corrected chi connectivity index (χ2v) is 12.6. The normalized spacial score (nSPS) is 15.3. The van der Waals surface area contributed by atoms with Crippen molar-refractivity contribution in [1.29, 1.82) is 0 Å². The summed E-state index contributed by atoms with van der Waals surface area (Å²) in [6.07, 6.45) is 3.49. The van der Waals surface area contributed by atoms with Crippen LogP contribution in [-0.2, 0) is 14.0 Å². The van der Waals surface area contributed by atoms with Crippen molar-refractivity contribution in [1.82, 2.24) is 0 Å². The van der Waals surface area contributed by atoms with Crippen LogP contribution in [0.25, 0.3) is 0 Å². The van der Waals surface area contributed by atoms with E-state index in [0.29, 0.717) is 5.02 Å². The molecule has 0 bridgehead atoms. The smallest absolute Gasteiger partial charge is 0.316 e. The molecule has 0 fully saturated rings. The molecule has 1 aromatic carbocycles. The molecular formula is C19H29ClO3Si. The Morgan fingerprint density at radius 3 is 2.17 bits per heavy atom. The van der Waals surface area contributed by atoms with Crippen LogP contribution in [-0.4, -0.2) is 27.5 Å². The molecule has 0 N–H and O–H groups in total.